The van der Waals surface area contributed by atoms with Crippen molar-refractivity contribution in [2.24, 2.45) is 11.8 Å². The minimum Gasteiger partial charge on any atom is -0.316 e. The monoisotopic (exact) mass is 239 g/mol. The van der Waals surface area contributed by atoms with Crippen LogP contribution >= 0.6 is 11.6 Å². The molecule has 16 heavy (non-hydrogen) atoms. The fourth-order valence-corrected chi connectivity index (χ4v) is 3.53. The molecule has 1 N–H and O–H groups in total. The summed E-state index contributed by atoms with van der Waals surface area (Å²) >= 11 is 6.09. The van der Waals surface area contributed by atoms with Gasteiger partial charge in [0.1, 0.15) is 5.67 Å². The van der Waals surface area contributed by atoms with Crippen LogP contribution in [-0.2, 0) is 5.67 Å². The summed E-state index contributed by atoms with van der Waals surface area (Å²) in [5.74, 6) is 0.975. The fraction of sp³-hybridized carbons (Fsp3) is 0.538. The van der Waals surface area contributed by atoms with Gasteiger partial charge in [-0.3, -0.25) is 0 Å². The molecule has 1 nitrogen and oxygen atoms in total. The summed E-state index contributed by atoms with van der Waals surface area (Å²) in [6.45, 7) is 1.92. The van der Waals surface area contributed by atoms with Crippen molar-refractivity contribution in [3.63, 3.8) is 0 Å². The number of rotatable bonds is 1. The van der Waals surface area contributed by atoms with E-state index in [2.05, 4.69) is 5.32 Å². The van der Waals surface area contributed by atoms with Crippen LogP contribution in [0.5, 0.6) is 0 Å². The highest BCUT2D eigenvalue weighted by molar-refractivity contribution is 6.31. The number of nitrogens with one attached hydrogen (secondary N) is 1. The van der Waals surface area contributed by atoms with Crippen molar-refractivity contribution in [2.75, 3.05) is 13.1 Å². The van der Waals surface area contributed by atoms with Crippen molar-refractivity contribution in [3.8, 4) is 0 Å². The van der Waals surface area contributed by atoms with E-state index in [0.29, 0.717) is 35.3 Å². The van der Waals surface area contributed by atoms with Crippen LogP contribution in [0.1, 0.15) is 18.4 Å². The third-order valence-electron chi connectivity index (χ3n) is 4.01. The lowest BCUT2D eigenvalue weighted by molar-refractivity contribution is 0.161. The van der Waals surface area contributed by atoms with Gasteiger partial charge < -0.3 is 5.32 Å². The summed E-state index contributed by atoms with van der Waals surface area (Å²) in [5, 5.41) is 3.90. The van der Waals surface area contributed by atoms with Gasteiger partial charge in [-0.05, 0) is 43.8 Å². The molecule has 0 aromatic heterocycles. The first-order chi connectivity index (χ1) is 7.69. The number of halogens is 2. The van der Waals surface area contributed by atoms with E-state index in [1.54, 1.807) is 6.07 Å². The van der Waals surface area contributed by atoms with E-state index < -0.39 is 5.67 Å². The first-order valence-corrected chi connectivity index (χ1v) is 6.21. The van der Waals surface area contributed by atoms with E-state index in [4.69, 9.17) is 11.6 Å². The summed E-state index contributed by atoms with van der Waals surface area (Å²) in [6.07, 6.45) is 1.24. The molecule has 1 aliphatic carbocycles. The van der Waals surface area contributed by atoms with Gasteiger partial charge in [0.05, 0.1) is 0 Å². The molecule has 2 atom stereocenters. The Morgan fingerprint density at radius 1 is 1.19 bits per heavy atom. The molecule has 3 rings (SSSR count). The summed E-state index contributed by atoms with van der Waals surface area (Å²) in [7, 11) is 0. The average Bonchev–Trinajstić information content (AvgIpc) is 2.76. The highest BCUT2D eigenvalue weighted by Crippen LogP contribution is 2.51. The maximum absolute atomic E-state index is 14.9. The molecule has 2 aliphatic rings. The molecule has 1 saturated heterocycles. The minimum atomic E-state index is -1.20. The smallest absolute Gasteiger partial charge is 0.138 e. The Kier molecular flexibility index (Phi) is 2.45. The Bertz CT molecular complexity index is 395. The minimum absolute atomic E-state index is 0.487. The maximum atomic E-state index is 14.9. The molecule has 86 valence electrons. The Balaban J connectivity index is 1.93. The molecule has 2 unspecified atom stereocenters. The third kappa shape index (κ3) is 1.56. The zero-order valence-electron chi connectivity index (χ0n) is 9.05. The molecular weight excluding hydrogens is 225 g/mol. The highest BCUT2D eigenvalue weighted by atomic mass is 35.5. The molecular formula is C13H15ClFN. The first-order valence-electron chi connectivity index (χ1n) is 5.84. The standard InChI is InChI=1S/C13H15ClFN/c14-12-4-2-1-3-11(12)13(15)5-9-7-16-8-10(9)6-13/h1-4,9-10,16H,5-8H2. The van der Waals surface area contributed by atoms with Crippen LogP contribution < -0.4 is 5.32 Å². The van der Waals surface area contributed by atoms with Crippen molar-refractivity contribution in [1.82, 2.24) is 5.32 Å². The van der Waals surface area contributed by atoms with Crippen LogP contribution in [0.2, 0.25) is 5.02 Å². The van der Waals surface area contributed by atoms with Crippen molar-refractivity contribution < 1.29 is 4.39 Å². The van der Waals surface area contributed by atoms with Gasteiger partial charge >= 0.3 is 0 Å². The van der Waals surface area contributed by atoms with Gasteiger partial charge in [-0.1, -0.05) is 29.8 Å². The molecule has 3 heteroatoms. The van der Waals surface area contributed by atoms with Gasteiger partial charge in [0.2, 0.25) is 0 Å². The predicted octanol–water partition coefficient (Wildman–Crippen LogP) is 3.13. The Morgan fingerprint density at radius 3 is 2.44 bits per heavy atom. The van der Waals surface area contributed by atoms with E-state index in [-0.39, 0.29) is 0 Å². The van der Waals surface area contributed by atoms with Crippen LogP contribution in [0.25, 0.3) is 0 Å². The largest absolute Gasteiger partial charge is 0.316 e. The van der Waals surface area contributed by atoms with Crippen molar-refractivity contribution >= 4 is 11.6 Å². The molecule has 0 radical (unpaired) electrons. The van der Waals surface area contributed by atoms with E-state index in [0.717, 1.165) is 13.1 Å². The van der Waals surface area contributed by atoms with Crippen LogP contribution in [0, 0.1) is 11.8 Å². The SMILES string of the molecule is FC1(c2ccccc2Cl)CC2CNCC2C1. The van der Waals surface area contributed by atoms with Gasteiger partial charge in [0.15, 0.2) is 0 Å². The van der Waals surface area contributed by atoms with Crippen LogP contribution in [0.15, 0.2) is 24.3 Å². The molecule has 0 spiro atoms. The normalized spacial score (nSPS) is 37.6. The van der Waals surface area contributed by atoms with Crippen molar-refractivity contribution in [1.29, 1.82) is 0 Å². The summed E-state index contributed by atoms with van der Waals surface area (Å²) < 4.78 is 14.9. The Morgan fingerprint density at radius 2 is 1.81 bits per heavy atom. The van der Waals surface area contributed by atoms with E-state index in [1.807, 2.05) is 18.2 Å². The quantitative estimate of drug-likeness (QED) is 0.794. The van der Waals surface area contributed by atoms with Crippen molar-refractivity contribution in [2.45, 2.75) is 18.5 Å². The van der Waals surface area contributed by atoms with Crippen LogP contribution in [0.3, 0.4) is 0 Å². The molecule has 1 aromatic rings. The second-order valence-corrected chi connectivity index (χ2v) is 5.44. The molecule has 1 saturated carbocycles. The van der Waals surface area contributed by atoms with Gasteiger partial charge in [-0.25, -0.2) is 4.39 Å². The number of hydrogen-bond donors (Lipinski definition) is 1. The number of hydrogen-bond acceptors (Lipinski definition) is 1. The second kappa shape index (κ2) is 3.71. The van der Waals surface area contributed by atoms with Gasteiger partial charge in [0.25, 0.3) is 0 Å². The van der Waals surface area contributed by atoms with E-state index in [1.165, 1.54) is 0 Å². The second-order valence-electron chi connectivity index (χ2n) is 5.03. The maximum Gasteiger partial charge on any atom is 0.138 e. The van der Waals surface area contributed by atoms with Gasteiger partial charge in [-0.15, -0.1) is 0 Å². The number of benzene rings is 1. The summed E-state index contributed by atoms with van der Waals surface area (Å²) in [4.78, 5) is 0. The van der Waals surface area contributed by atoms with Gasteiger partial charge in [0, 0.05) is 10.6 Å². The lowest BCUT2D eigenvalue weighted by atomic mass is 9.92. The molecule has 1 aliphatic heterocycles. The lowest BCUT2D eigenvalue weighted by Gasteiger charge is -2.22. The topological polar surface area (TPSA) is 12.0 Å². The highest BCUT2D eigenvalue weighted by Gasteiger charge is 2.49. The molecule has 0 amide bonds. The zero-order valence-corrected chi connectivity index (χ0v) is 9.80. The van der Waals surface area contributed by atoms with Gasteiger partial charge in [-0.2, -0.15) is 0 Å². The average molecular weight is 240 g/mol. The first kappa shape index (κ1) is 10.5. The zero-order chi connectivity index (χ0) is 11.2. The molecule has 1 aromatic carbocycles. The Hall–Kier alpha value is -0.600. The van der Waals surface area contributed by atoms with Crippen LogP contribution in [0.4, 0.5) is 4.39 Å². The fourth-order valence-electron chi connectivity index (χ4n) is 3.22. The number of alkyl halides is 1. The Labute approximate surface area is 100.0 Å². The molecule has 1 heterocycles. The molecule has 0 bridgehead atoms. The van der Waals surface area contributed by atoms with Crippen LogP contribution in [-0.4, -0.2) is 13.1 Å². The van der Waals surface area contributed by atoms with E-state index >= 15 is 0 Å². The van der Waals surface area contributed by atoms with E-state index in [9.17, 15) is 4.39 Å². The predicted molar refractivity (Wildman–Crippen MR) is 63.3 cm³/mol. The lowest BCUT2D eigenvalue weighted by Crippen LogP contribution is -2.21. The molecule has 2 fully saturated rings. The summed E-state index contributed by atoms with van der Waals surface area (Å²) in [5.41, 5.74) is -0.512. The third-order valence-corrected chi connectivity index (χ3v) is 4.34. The summed E-state index contributed by atoms with van der Waals surface area (Å²) in [6, 6.07) is 7.34. The number of fused-ring (bicyclic) bond motifs is 1. The van der Waals surface area contributed by atoms with Crippen molar-refractivity contribution in [3.05, 3.63) is 34.9 Å².